The summed E-state index contributed by atoms with van der Waals surface area (Å²) in [6.45, 7) is 1.91. The molecule has 0 aliphatic heterocycles. The van der Waals surface area contributed by atoms with Crippen LogP contribution in [0.25, 0.3) is 11.1 Å². The lowest BCUT2D eigenvalue weighted by molar-refractivity contribution is -0.106. The van der Waals surface area contributed by atoms with Gasteiger partial charge in [0, 0.05) is 30.7 Å². The number of amides is 2. The van der Waals surface area contributed by atoms with E-state index in [0.29, 0.717) is 5.56 Å². The predicted octanol–water partition coefficient (Wildman–Crippen LogP) is 0.495. The summed E-state index contributed by atoms with van der Waals surface area (Å²) in [7, 11) is 1.56. The van der Waals surface area contributed by atoms with Crippen molar-refractivity contribution in [2.45, 2.75) is 6.92 Å². The van der Waals surface area contributed by atoms with Gasteiger partial charge in [0.15, 0.2) is 0 Å². The number of nitrogen functional groups attached to an aromatic ring is 1. The highest BCUT2D eigenvalue weighted by atomic mass is 16.1. The maximum Gasteiger partial charge on any atom is 0.254 e. The van der Waals surface area contributed by atoms with Gasteiger partial charge in [-0.1, -0.05) is 0 Å². The van der Waals surface area contributed by atoms with Crippen molar-refractivity contribution in [1.29, 1.82) is 0 Å². The van der Waals surface area contributed by atoms with E-state index in [2.05, 4.69) is 21.0 Å². The molecule has 0 aliphatic carbocycles. The van der Waals surface area contributed by atoms with Crippen LogP contribution in [0.4, 0.5) is 5.82 Å². The van der Waals surface area contributed by atoms with Crippen molar-refractivity contribution in [1.82, 2.24) is 15.3 Å². The van der Waals surface area contributed by atoms with Crippen molar-refractivity contribution in [3.8, 4) is 11.1 Å². The number of primary amides is 1. The topological polar surface area (TPSA) is 124 Å². The average molecular weight is 287 g/mol. The van der Waals surface area contributed by atoms with Crippen molar-refractivity contribution in [2.24, 2.45) is 5.73 Å². The van der Waals surface area contributed by atoms with Crippen molar-refractivity contribution >= 4 is 18.1 Å². The number of carbonyl (C=O) groups excluding carboxylic acids is 2. The van der Waals surface area contributed by atoms with E-state index in [9.17, 15) is 4.79 Å². The van der Waals surface area contributed by atoms with Crippen LogP contribution in [0.3, 0.4) is 0 Å². The van der Waals surface area contributed by atoms with Crippen LogP contribution in [0.15, 0.2) is 30.6 Å². The number of aromatic nitrogens is 2. The maximum atomic E-state index is 11.6. The van der Waals surface area contributed by atoms with Crippen LogP contribution in [0.1, 0.15) is 16.1 Å². The molecule has 21 heavy (non-hydrogen) atoms. The summed E-state index contributed by atoms with van der Waals surface area (Å²) in [6, 6.07) is 5.53. The van der Waals surface area contributed by atoms with Gasteiger partial charge >= 0.3 is 0 Å². The third-order valence-electron chi connectivity index (χ3n) is 2.62. The van der Waals surface area contributed by atoms with Crippen molar-refractivity contribution in [2.75, 3.05) is 12.8 Å². The highest BCUT2D eigenvalue weighted by Crippen LogP contribution is 2.22. The molecule has 2 aromatic heterocycles. The van der Waals surface area contributed by atoms with Crippen LogP contribution in [-0.4, -0.2) is 29.3 Å². The first-order valence-electron chi connectivity index (χ1n) is 6.09. The Morgan fingerprint density at radius 2 is 1.95 bits per heavy atom. The normalized spacial score (nSPS) is 9.24. The molecule has 0 atom stereocenters. The monoisotopic (exact) mass is 287 g/mol. The van der Waals surface area contributed by atoms with Gasteiger partial charge < -0.3 is 16.8 Å². The van der Waals surface area contributed by atoms with Crippen molar-refractivity contribution < 1.29 is 9.59 Å². The number of nitrogens with zero attached hydrogens (tertiary/aromatic N) is 2. The van der Waals surface area contributed by atoms with Gasteiger partial charge in [-0.25, -0.2) is 4.98 Å². The van der Waals surface area contributed by atoms with Crippen LogP contribution < -0.4 is 16.8 Å². The predicted molar refractivity (Wildman–Crippen MR) is 80.3 cm³/mol. The molecule has 2 rings (SSSR count). The molecule has 0 unspecified atom stereocenters. The van der Waals surface area contributed by atoms with Crippen LogP contribution >= 0.6 is 0 Å². The van der Waals surface area contributed by atoms with Gasteiger partial charge in [0.2, 0.25) is 6.41 Å². The van der Waals surface area contributed by atoms with Crippen molar-refractivity contribution in [3.05, 3.63) is 41.9 Å². The zero-order valence-electron chi connectivity index (χ0n) is 11.8. The number of rotatable bonds is 2. The van der Waals surface area contributed by atoms with E-state index in [0.717, 1.165) is 16.8 Å². The first kappa shape index (κ1) is 16.1. The molecular weight excluding hydrogens is 270 g/mol. The third kappa shape index (κ3) is 4.27. The van der Waals surface area contributed by atoms with Gasteiger partial charge in [-0.15, -0.1) is 0 Å². The smallest absolute Gasteiger partial charge is 0.254 e. The summed E-state index contributed by atoms with van der Waals surface area (Å²) in [5.74, 6) is -0.0171. The summed E-state index contributed by atoms with van der Waals surface area (Å²) >= 11 is 0. The molecule has 2 heterocycles. The molecule has 0 saturated carbocycles. The number of pyridine rings is 2. The molecule has 0 spiro atoms. The molecule has 0 aliphatic rings. The van der Waals surface area contributed by atoms with Gasteiger partial charge in [-0.2, -0.15) is 0 Å². The fourth-order valence-electron chi connectivity index (χ4n) is 1.67. The Labute approximate surface area is 122 Å². The summed E-state index contributed by atoms with van der Waals surface area (Å²) in [5, 5.41) is 2.54. The van der Waals surface area contributed by atoms with Crippen LogP contribution in [0, 0.1) is 6.92 Å². The third-order valence-corrected chi connectivity index (χ3v) is 2.62. The minimum Gasteiger partial charge on any atom is -0.383 e. The number of aryl methyl sites for hydroxylation is 1. The zero-order valence-corrected chi connectivity index (χ0v) is 11.8. The molecule has 0 saturated heterocycles. The Morgan fingerprint density at radius 1 is 1.29 bits per heavy atom. The van der Waals surface area contributed by atoms with Gasteiger partial charge in [-0.3, -0.25) is 14.6 Å². The molecule has 2 amide bonds. The molecule has 7 heteroatoms. The fraction of sp³-hybridized carbons (Fsp3) is 0.143. The highest BCUT2D eigenvalue weighted by Gasteiger charge is 2.11. The molecule has 7 nitrogen and oxygen atoms in total. The lowest BCUT2D eigenvalue weighted by Crippen LogP contribution is -2.19. The van der Waals surface area contributed by atoms with E-state index < -0.39 is 0 Å². The largest absolute Gasteiger partial charge is 0.383 e. The molecule has 0 radical (unpaired) electrons. The molecular formula is C14H17N5O2. The van der Waals surface area contributed by atoms with Crippen LogP contribution in [-0.2, 0) is 4.79 Å². The second-order valence-electron chi connectivity index (χ2n) is 4.06. The van der Waals surface area contributed by atoms with E-state index in [1.807, 2.05) is 19.1 Å². The first-order chi connectivity index (χ1) is 10.0. The second kappa shape index (κ2) is 7.59. The minimum absolute atomic E-state index is 0.226. The number of hydrogen-bond acceptors (Lipinski definition) is 5. The summed E-state index contributed by atoms with van der Waals surface area (Å²) in [5.41, 5.74) is 12.9. The number of anilines is 1. The van der Waals surface area contributed by atoms with E-state index >= 15 is 0 Å². The molecule has 5 N–H and O–H groups in total. The van der Waals surface area contributed by atoms with E-state index in [1.54, 1.807) is 25.5 Å². The molecule has 2 aromatic rings. The summed E-state index contributed by atoms with van der Waals surface area (Å²) < 4.78 is 0. The Hall–Kier alpha value is -2.96. The fourth-order valence-corrected chi connectivity index (χ4v) is 1.67. The number of nitrogens with one attached hydrogen (secondary N) is 1. The van der Waals surface area contributed by atoms with Crippen LogP contribution in [0.2, 0.25) is 0 Å². The van der Waals surface area contributed by atoms with E-state index in [-0.39, 0.29) is 18.1 Å². The van der Waals surface area contributed by atoms with Gasteiger partial charge in [0.25, 0.3) is 5.91 Å². The Balaban J connectivity index is 0.000000677. The molecule has 0 fully saturated rings. The van der Waals surface area contributed by atoms with Crippen LogP contribution in [0.5, 0.6) is 0 Å². The summed E-state index contributed by atoms with van der Waals surface area (Å²) in [6.07, 6.45) is 3.62. The number of hydrogen-bond donors (Lipinski definition) is 3. The Kier molecular flexibility index (Phi) is 5.81. The standard InChI is InChI=1S/C13H14N4O.CH3NO/c1-8-5-9(3-4-16-8)10-6-11(13(18)15-2)12(14)17-7-10;2-1-3/h3-7H,1-2H3,(H2,14,17)(H,15,18);1H,(H2,2,3). The Morgan fingerprint density at radius 3 is 2.52 bits per heavy atom. The average Bonchev–Trinajstić information content (AvgIpc) is 2.48. The summed E-state index contributed by atoms with van der Waals surface area (Å²) in [4.78, 5) is 28.4. The second-order valence-corrected chi connectivity index (χ2v) is 4.06. The Bertz CT molecular complexity index is 643. The number of nitrogens with two attached hydrogens (primary N) is 2. The number of carbonyl (C=O) groups is 2. The minimum atomic E-state index is -0.243. The zero-order chi connectivity index (χ0) is 15.8. The molecule has 0 bridgehead atoms. The van der Waals surface area contributed by atoms with E-state index in [1.165, 1.54) is 0 Å². The van der Waals surface area contributed by atoms with Crippen molar-refractivity contribution in [3.63, 3.8) is 0 Å². The van der Waals surface area contributed by atoms with Gasteiger partial charge in [0.05, 0.1) is 5.56 Å². The van der Waals surface area contributed by atoms with E-state index in [4.69, 9.17) is 10.5 Å². The van der Waals surface area contributed by atoms with Gasteiger partial charge in [-0.05, 0) is 30.7 Å². The lowest BCUT2D eigenvalue weighted by Gasteiger charge is -2.07. The highest BCUT2D eigenvalue weighted by molar-refractivity contribution is 5.99. The molecule has 0 aromatic carbocycles. The quantitative estimate of drug-likeness (QED) is 0.694. The lowest BCUT2D eigenvalue weighted by atomic mass is 10.1. The first-order valence-corrected chi connectivity index (χ1v) is 6.09. The maximum absolute atomic E-state index is 11.6. The SMILES string of the molecule is CNC(=O)c1cc(-c2ccnc(C)c2)cnc1N.NC=O. The molecule has 110 valence electrons. The van der Waals surface area contributed by atoms with Gasteiger partial charge in [0.1, 0.15) is 5.82 Å².